The standard InChI is InChI=1S/C10H20/c1-5-6-10(4)8-7-9(2)3/h8-9H,5-7H2,1-4H3. The van der Waals surface area contributed by atoms with E-state index in [1.807, 2.05) is 0 Å². The van der Waals surface area contributed by atoms with Gasteiger partial charge in [0, 0.05) is 0 Å². The predicted octanol–water partition coefficient (Wildman–Crippen LogP) is 3.78. The summed E-state index contributed by atoms with van der Waals surface area (Å²) >= 11 is 0. The van der Waals surface area contributed by atoms with E-state index in [4.69, 9.17) is 0 Å². The Morgan fingerprint density at radius 2 is 2.00 bits per heavy atom. The first-order chi connectivity index (χ1) is 4.66. The van der Waals surface area contributed by atoms with E-state index in [0.717, 1.165) is 5.92 Å². The van der Waals surface area contributed by atoms with Gasteiger partial charge in [0.05, 0.1) is 0 Å². The quantitative estimate of drug-likeness (QED) is 0.521. The van der Waals surface area contributed by atoms with Crippen LogP contribution in [-0.2, 0) is 0 Å². The first-order valence-corrected chi connectivity index (χ1v) is 4.32. The van der Waals surface area contributed by atoms with Gasteiger partial charge in [-0.2, -0.15) is 0 Å². The van der Waals surface area contributed by atoms with Gasteiger partial charge in [-0.15, -0.1) is 0 Å². The molecule has 0 aliphatic carbocycles. The molecule has 0 unspecified atom stereocenters. The van der Waals surface area contributed by atoms with Gasteiger partial charge in [-0.1, -0.05) is 38.8 Å². The van der Waals surface area contributed by atoms with Crippen molar-refractivity contribution in [3.63, 3.8) is 0 Å². The van der Waals surface area contributed by atoms with Crippen LogP contribution in [0.4, 0.5) is 0 Å². The molecule has 0 spiro atoms. The molecule has 0 aliphatic rings. The summed E-state index contributed by atoms with van der Waals surface area (Å²) in [5, 5.41) is 0. The maximum Gasteiger partial charge on any atom is -0.0325 e. The number of rotatable bonds is 4. The summed E-state index contributed by atoms with van der Waals surface area (Å²) < 4.78 is 0. The lowest BCUT2D eigenvalue weighted by Gasteiger charge is -2.00. The number of hydrogen-bond donors (Lipinski definition) is 0. The molecule has 0 N–H and O–H groups in total. The molecular formula is C10H20. The van der Waals surface area contributed by atoms with Crippen LogP contribution in [0.2, 0.25) is 0 Å². The van der Waals surface area contributed by atoms with E-state index in [0.29, 0.717) is 0 Å². The maximum atomic E-state index is 2.37. The van der Waals surface area contributed by atoms with Crippen molar-refractivity contribution < 1.29 is 0 Å². The van der Waals surface area contributed by atoms with E-state index < -0.39 is 0 Å². The highest BCUT2D eigenvalue weighted by Gasteiger charge is 1.90. The second kappa shape index (κ2) is 5.52. The van der Waals surface area contributed by atoms with Crippen LogP contribution >= 0.6 is 0 Å². The van der Waals surface area contributed by atoms with Gasteiger partial charge in [0.1, 0.15) is 0 Å². The highest BCUT2D eigenvalue weighted by atomic mass is 14.0. The molecule has 0 nitrogen and oxygen atoms in total. The third-order valence-electron chi connectivity index (χ3n) is 1.58. The zero-order chi connectivity index (χ0) is 7.98. The molecular weight excluding hydrogens is 120 g/mol. The van der Waals surface area contributed by atoms with Gasteiger partial charge in [0.2, 0.25) is 0 Å². The predicted molar refractivity (Wildman–Crippen MR) is 48.1 cm³/mol. The van der Waals surface area contributed by atoms with Crippen LogP contribution in [0.25, 0.3) is 0 Å². The largest absolute Gasteiger partial charge is 0.0854 e. The molecule has 0 heterocycles. The van der Waals surface area contributed by atoms with Crippen LogP contribution in [0.5, 0.6) is 0 Å². The highest BCUT2D eigenvalue weighted by molar-refractivity contribution is 4.97. The molecule has 0 heteroatoms. The zero-order valence-electron chi connectivity index (χ0n) is 7.78. The van der Waals surface area contributed by atoms with Crippen molar-refractivity contribution in [1.29, 1.82) is 0 Å². The summed E-state index contributed by atoms with van der Waals surface area (Å²) in [5.41, 5.74) is 1.55. The lowest BCUT2D eigenvalue weighted by atomic mass is 10.1. The van der Waals surface area contributed by atoms with Crippen molar-refractivity contribution in [3.8, 4) is 0 Å². The molecule has 0 radical (unpaired) electrons. The molecule has 0 rings (SSSR count). The van der Waals surface area contributed by atoms with Crippen LogP contribution < -0.4 is 0 Å². The van der Waals surface area contributed by atoms with Crippen molar-refractivity contribution >= 4 is 0 Å². The molecule has 0 fully saturated rings. The molecule has 0 saturated heterocycles. The van der Waals surface area contributed by atoms with Crippen LogP contribution in [0.1, 0.15) is 47.0 Å². The summed E-state index contributed by atoms with van der Waals surface area (Å²) in [4.78, 5) is 0. The SMILES string of the molecule is CCCC(C)=CCC(C)C. The topological polar surface area (TPSA) is 0 Å². The summed E-state index contributed by atoms with van der Waals surface area (Å²) in [6.45, 7) is 8.98. The molecule has 10 heavy (non-hydrogen) atoms. The number of allylic oxidation sites excluding steroid dienone is 2. The first-order valence-electron chi connectivity index (χ1n) is 4.32. The van der Waals surface area contributed by atoms with Crippen LogP contribution in [0.3, 0.4) is 0 Å². The Labute approximate surface area is 65.3 Å². The monoisotopic (exact) mass is 140 g/mol. The van der Waals surface area contributed by atoms with E-state index in [2.05, 4.69) is 33.8 Å². The molecule has 0 aromatic rings. The van der Waals surface area contributed by atoms with E-state index in [1.165, 1.54) is 19.3 Å². The van der Waals surface area contributed by atoms with E-state index in [9.17, 15) is 0 Å². The molecule has 0 bridgehead atoms. The van der Waals surface area contributed by atoms with Gasteiger partial charge in [-0.3, -0.25) is 0 Å². The fourth-order valence-electron chi connectivity index (χ4n) is 0.933. The molecule has 0 amide bonds. The fourth-order valence-corrected chi connectivity index (χ4v) is 0.933. The molecule has 0 aromatic heterocycles. The number of hydrogen-bond acceptors (Lipinski definition) is 0. The van der Waals surface area contributed by atoms with Crippen molar-refractivity contribution in [3.05, 3.63) is 11.6 Å². The summed E-state index contributed by atoms with van der Waals surface area (Å²) in [5.74, 6) is 0.812. The van der Waals surface area contributed by atoms with Crippen molar-refractivity contribution in [1.82, 2.24) is 0 Å². The molecule has 0 aliphatic heterocycles. The van der Waals surface area contributed by atoms with Crippen molar-refractivity contribution in [2.24, 2.45) is 5.92 Å². The first kappa shape index (κ1) is 9.74. The van der Waals surface area contributed by atoms with Crippen LogP contribution in [0.15, 0.2) is 11.6 Å². The van der Waals surface area contributed by atoms with E-state index >= 15 is 0 Å². The molecule has 60 valence electrons. The van der Waals surface area contributed by atoms with Crippen molar-refractivity contribution in [2.75, 3.05) is 0 Å². The van der Waals surface area contributed by atoms with Gasteiger partial charge in [0.15, 0.2) is 0 Å². The van der Waals surface area contributed by atoms with Gasteiger partial charge >= 0.3 is 0 Å². The minimum absolute atomic E-state index is 0.812. The highest BCUT2D eigenvalue weighted by Crippen LogP contribution is 2.08. The Morgan fingerprint density at radius 1 is 1.40 bits per heavy atom. The Balaban J connectivity index is 3.47. The Hall–Kier alpha value is -0.260. The summed E-state index contributed by atoms with van der Waals surface area (Å²) in [6, 6.07) is 0. The minimum Gasteiger partial charge on any atom is -0.0854 e. The van der Waals surface area contributed by atoms with E-state index in [1.54, 1.807) is 5.57 Å². The smallest absolute Gasteiger partial charge is 0.0325 e. The Bertz CT molecular complexity index is 98.6. The lowest BCUT2D eigenvalue weighted by molar-refractivity contribution is 0.658. The Morgan fingerprint density at radius 3 is 2.40 bits per heavy atom. The van der Waals surface area contributed by atoms with Crippen LogP contribution in [-0.4, -0.2) is 0 Å². The summed E-state index contributed by atoms with van der Waals surface area (Å²) in [6.07, 6.45) is 6.16. The van der Waals surface area contributed by atoms with Crippen LogP contribution in [0, 0.1) is 5.92 Å². The molecule has 0 saturated carbocycles. The molecule has 0 atom stereocenters. The third kappa shape index (κ3) is 5.87. The molecule has 0 aromatic carbocycles. The average molecular weight is 140 g/mol. The van der Waals surface area contributed by atoms with Gasteiger partial charge in [0.25, 0.3) is 0 Å². The minimum atomic E-state index is 0.812. The maximum absolute atomic E-state index is 2.37. The van der Waals surface area contributed by atoms with E-state index in [-0.39, 0.29) is 0 Å². The Kier molecular flexibility index (Phi) is 5.38. The van der Waals surface area contributed by atoms with Gasteiger partial charge < -0.3 is 0 Å². The fraction of sp³-hybridized carbons (Fsp3) is 0.800. The van der Waals surface area contributed by atoms with Gasteiger partial charge in [-0.05, 0) is 25.7 Å². The normalized spacial score (nSPS) is 12.7. The lowest BCUT2D eigenvalue weighted by Crippen LogP contribution is -1.84. The second-order valence-corrected chi connectivity index (χ2v) is 3.43. The summed E-state index contributed by atoms with van der Waals surface area (Å²) in [7, 11) is 0. The van der Waals surface area contributed by atoms with Gasteiger partial charge in [-0.25, -0.2) is 0 Å². The zero-order valence-corrected chi connectivity index (χ0v) is 7.78. The second-order valence-electron chi connectivity index (χ2n) is 3.43. The third-order valence-corrected chi connectivity index (χ3v) is 1.58. The average Bonchev–Trinajstić information content (AvgIpc) is 1.85. The van der Waals surface area contributed by atoms with Crippen molar-refractivity contribution in [2.45, 2.75) is 47.0 Å².